The van der Waals surface area contributed by atoms with Crippen LogP contribution < -0.4 is 4.72 Å². The molecule has 1 heterocycles. The summed E-state index contributed by atoms with van der Waals surface area (Å²) in [6.07, 6.45) is 0.270. The number of benzene rings is 1. The summed E-state index contributed by atoms with van der Waals surface area (Å²) in [5, 5.41) is 8.70. The highest BCUT2D eigenvalue weighted by Crippen LogP contribution is 2.18. The predicted octanol–water partition coefficient (Wildman–Crippen LogP) is -0.504. The molecule has 1 aliphatic heterocycles. The zero-order valence-corrected chi connectivity index (χ0v) is 12.7. The smallest absolute Gasteiger partial charge is 0.242 e. The van der Waals surface area contributed by atoms with Gasteiger partial charge < -0.3 is 5.11 Å². The van der Waals surface area contributed by atoms with E-state index in [2.05, 4.69) is 16.6 Å². The van der Waals surface area contributed by atoms with Crippen molar-refractivity contribution in [2.24, 2.45) is 0 Å². The lowest BCUT2D eigenvalue weighted by Gasteiger charge is -2.12. The van der Waals surface area contributed by atoms with Crippen molar-refractivity contribution in [1.29, 1.82) is 0 Å². The van der Waals surface area contributed by atoms with Gasteiger partial charge in [0.15, 0.2) is 9.84 Å². The first-order chi connectivity index (χ1) is 9.84. The Hall–Kier alpha value is -1.40. The summed E-state index contributed by atoms with van der Waals surface area (Å²) in [6.45, 7) is -0.372. The molecule has 2 N–H and O–H groups in total. The first-order valence-electron chi connectivity index (χ1n) is 6.25. The average molecular weight is 329 g/mol. The molecule has 1 aliphatic rings. The van der Waals surface area contributed by atoms with E-state index in [1.165, 1.54) is 12.1 Å². The van der Waals surface area contributed by atoms with Gasteiger partial charge in [0.1, 0.15) is 6.61 Å². The molecule has 1 saturated heterocycles. The summed E-state index contributed by atoms with van der Waals surface area (Å²) in [5.41, 5.74) is 0.264. The Morgan fingerprint density at radius 2 is 2.05 bits per heavy atom. The maximum absolute atomic E-state index is 12.3. The van der Waals surface area contributed by atoms with Gasteiger partial charge in [0, 0.05) is 11.6 Å². The molecule has 1 atom stereocenters. The van der Waals surface area contributed by atoms with Crippen molar-refractivity contribution in [2.45, 2.75) is 17.4 Å². The molecule has 8 heteroatoms. The predicted molar refractivity (Wildman–Crippen MR) is 77.8 cm³/mol. The van der Waals surface area contributed by atoms with Gasteiger partial charge in [-0.3, -0.25) is 0 Å². The largest absolute Gasteiger partial charge is 0.384 e. The average Bonchev–Trinajstić information content (AvgIpc) is 2.75. The van der Waals surface area contributed by atoms with E-state index in [4.69, 9.17) is 5.11 Å². The first kappa shape index (κ1) is 16.0. The van der Waals surface area contributed by atoms with Crippen molar-refractivity contribution in [3.63, 3.8) is 0 Å². The maximum Gasteiger partial charge on any atom is 0.242 e. The molecule has 0 saturated carbocycles. The summed E-state index contributed by atoms with van der Waals surface area (Å²) >= 11 is 0. The molecule has 6 nitrogen and oxygen atoms in total. The van der Waals surface area contributed by atoms with Crippen molar-refractivity contribution in [2.75, 3.05) is 18.1 Å². The number of hydrogen-bond acceptors (Lipinski definition) is 5. The van der Waals surface area contributed by atoms with Crippen LogP contribution in [0.15, 0.2) is 29.2 Å². The van der Waals surface area contributed by atoms with E-state index in [-0.39, 0.29) is 35.0 Å². The maximum atomic E-state index is 12.3. The Morgan fingerprint density at radius 1 is 1.33 bits per heavy atom. The lowest BCUT2D eigenvalue weighted by atomic mass is 10.2. The van der Waals surface area contributed by atoms with E-state index in [1.54, 1.807) is 12.1 Å². The van der Waals surface area contributed by atoms with Gasteiger partial charge in [-0.25, -0.2) is 21.6 Å². The van der Waals surface area contributed by atoms with E-state index >= 15 is 0 Å². The van der Waals surface area contributed by atoms with Crippen LogP contribution >= 0.6 is 0 Å². The van der Waals surface area contributed by atoms with Crippen molar-refractivity contribution < 1.29 is 21.9 Å². The monoisotopic (exact) mass is 329 g/mol. The van der Waals surface area contributed by atoms with Gasteiger partial charge in [0.05, 0.1) is 16.4 Å². The summed E-state index contributed by atoms with van der Waals surface area (Å²) in [5.74, 6) is 4.78. The number of sulfone groups is 1. The van der Waals surface area contributed by atoms with E-state index in [1.807, 2.05) is 0 Å². The molecule has 1 fully saturated rings. The van der Waals surface area contributed by atoms with Gasteiger partial charge >= 0.3 is 0 Å². The lowest BCUT2D eigenvalue weighted by Crippen LogP contribution is -2.35. The van der Waals surface area contributed by atoms with Gasteiger partial charge in [-0.15, -0.1) is 0 Å². The minimum Gasteiger partial charge on any atom is -0.384 e. The second-order valence-electron chi connectivity index (χ2n) is 4.68. The second kappa shape index (κ2) is 6.15. The van der Waals surface area contributed by atoms with Crippen LogP contribution in [0, 0.1) is 11.8 Å². The van der Waals surface area contributed by atoms with Crippen LogP contribution in [0.1, 0.15) is 12.0 Å². The standard InChI is InChI=1S/C13H15NO5S2/c15-8-3-5-11-4-1-2-6-13(11)21(18,19)14-12-7-9-20(16,17)10-12/h1-2,4,6,12,14-15H,7-10H2. The number of nitrogens with one attached hydrogen (secondary N) is 1. The molecule has 0 aromatic heterocycles. The first-order valence-corrected chi connectivity index (χ1v) is 9.56. The highest BCUT2D eigenvalue weighted by Gasteiger charge is 2.31. The third-order valence-electron chi connectivity index (χ3n) is 3.03. The fourth-order valence-electron chi connectivity index (χ4n) is 2.11. The Labute approximate surface area is 124 Å². The molecule has 1 aromatic rings. The van der Waals surface area contributed by atoms with Crippen LogP contribution in [0.2, 0.25) is 0 Å². The van der Waals surface area contributed by atoms with Crippen molar-refractivity contribution >= 4 is 19.9 Å². The van der Waals surface area contributed by atoms with Crippen LogP contribution in [0.4, 0.5) is 0 Å². The fourth-order valence-corrected chi connectivity index (χ4v) is 5.32. The van der Waals surface area contributed by atoms with Crippen molar-refractivity contribution in [3.8, 4) is 11.8 Å². The highest BCUT2D eigenvalue weighted by molar-refractivity contribution is 7.92. The number of aliphatic hydroxyl groups excluding tert-OH is 1. The summed E-state index contributed by atoms with van der Waals surface area (Å²) in [7, 11) is -7.02. The van der Waals surface area contributed by atoms with Crippen LogP contribution in [0.3, 0.4) is 0 Å². The van der Waals surface area contributed by atoms with Gasteiger partial charge in [-0.05, 0) is 18.6 Å². The quantitative estimate of drug-likeness (QED) is 0.728. The molecular formula is C13H15NO5S2. The zero-order chi connectivity index (χ0) is 15.5. The summed E-state index contributed by atoms with van der Waals surface area (Å²) in [6, 6.07) is 5.51. The van der Waals surface area contributed by atoms with Crippen molar-refractivity contribution in [1.82, 2.24) is 4.72 Å². The molecule has 0 amide bonds. The summed E-state index contributed by atoms with van der Waals surface area (Å²) in [4.78, 5) is -0.0183. The Kier molecular flexibility index (Phi) is 4.68. The molecule has 0 bridgehead atoms. The Balaban J connectivity index is 2.28. The van der Waals surface area contributed by atoms with Crippen LogP contribution in [0.5, 0.6) is 0 Å². The van der Waals surface area contributed by atoms with Gasteiger partial charge in [0.2, 0.25) is 10.0 Å². The molecule has 0 aliphatic carbocycles. The minimum atomic E-state index is -3.85. The number of hydrogen-bond donors (Lipinski definition) is 2. The minimum absolute atomic E-state index is 0.00779. The number of rotatable bonds is 3. The molecule has 0 spiro atoms. The molecule has 114 valence electrons. The van der Waals surface area contributed by atoms with Crippen LogP contribution in [-0.2, 0) is 19.9 Å². The van der Waals surface area contributed by atoms with Crippen LogP contribution in [-0.4, -0.2) is 46.1 Å². The molecule has 0 radical (unpaired) electrons. The fraction of sp³-hybridized carbons (Fsp3) is 0.385. The summed E-state index contributed by atoms with van der Waals surface area (Å²) < 4.78 is 49.9. The van der Waals surface area contributed by atoms with E-state index in [0.29, 0.717) is 0 Å². The SMILES string of the molecule is O=S1(=O)CCC(NS(=O)(=O)c2ccccc2C#CCO)C1. The van der Waals surface area contributed by atoms with Gasteiger partial charge in [-0.2, -0.15) is 0 Å². The Morgan fingerprint density at radius 3 is 2.67 bits per heavy atom. The van der Waals surface area contributed by atoms with Crippen molar-refractivity contribution in [3.05, 3.63) is 29.8 Å². The molecular weight excluding hydrogens is 314 g/mol. The van der Waals surface area contributed by atoms with Crippen LogP contribution in [0.25, 0.3) is 0 Å². The third kappa shape index (κ3) is 4.04. The van der Waals surface area contributed by atoms with Gasteiger partial charge in [-0.1, -0.05) is 24.0 Å². The lowest BCUT2D eigenvalue weighted by molar-refractivity contribution is 0.350. The third-order valence-corrected chi connectivity index (χ3v) is 6.38. The molecule has 1 unspecified atom stereocenters. The number of sulfonamides is 1. The van der Waals surface area contributed by atoms with Gasteiger partial charge in [0.25, 0.3) is 0 Å². The molecule has 2 rings (SSSR count). The topological polar surface area (TPSA) is 101 Å². The second-order valence-corrected chi connectivity index (χ2v) is 8.59. The van der Waals surface area contributed by atoms with E-state index in [0.717, 1.165) is 0 Å². The van der Waals surface area contributed by atoms with E-state index < -0.39 is 25.9 Å². The Bertz CT molecular complexity index is 787. The highest BCUT2D eigenvalue weighted by atomic mass is 32.2. The molecule has 1 aromatic carbocycles. The zero-order valence-electron chi connectivity index (χ0n) is 11.1. The molecule has 21 heavy (non-hydrogen) atoms. The van der Waals surface area contributed by atoms with E-state index in [9.17, 15) is 16.8 Å². The normalized spacial score (nSPS) is 20.7. The number of aliphatic hydroxyl groups is 1.